The Balaban J connectivity index is 1.38. The number of nitrogens with one attached hydrogen (secondary N) is 1. The monoisotopic (exact) mass is 383 g/mol. The third kappa shape index (κ3) is 2.79. The molecule has 0 aromatic rings. The Morgan fingerprint density at radius 3 is 2.41 bits per heavy atom. The number of fused-ring (bicyclic) bond motifs is 1. The summed E-state index contributed by atoms with van der Waals surface area (Å²) in [6.07, 6.45) is 1.77. The van der Waals surface area contributed by atoms with E-state index >= 15 is 0 Å². The first-order valence-corrected chi connectivity index (χ1v) is 10.4. The van der Waals surface area contributed by atoms with Crippen molar-refractivity contribution in [2.75, 3.05) is 13.6 Å². The molecule has 1 N–H and O–H groups in total. The summed E-state index contributed by atoms with van der Waals surface area (Å²) in [7, 11) is 1.65. The molecular formula is C20H28F3N3O. The molecule has 7 heteroatoms. The Hall–Kier alpha value is -1.24. The minimum atomic E-state index is -4.50. The molecule has 4 saturated carbocycles. The second-order valence-electron chi connectivity index (χ2n) is 9.62. The molecule has 5 aliphatic rings. The highest BCUT2D eigenvalue weighted by atomic mass is 19.4. The minimum Gasteiger partial charge on any atom is -0.349 e. The maximum atomic E-state index is 13.8. The van der Waals surface area contributed by atoms with Crippen LogP contribution >= 0.6 is 0 Å². The third-order valence-corrected chi connectivity index (χ3v) is 7.65. The fourth-order valence-corrected chi connectivity index (χ4v) is 6.61. The van der Waals surface area contributed by atoms with Crippen LogP contribution in [0.25, 0.3) is 0 Å². The van der Waals surface area contributed by atoms with Crippen molar-refractivity contribution in [1.29, 1.82) is 0 Å². The normalized spacial score (nSPS) is 41.6. The molecule has 1 aliphatic heterocycles. The molecule has 4 nitrogen and oxygen atoms in total. The number of halogens is 3. The molecule has 6 atom stereocenters. The summed E-state index contributed by atoms with van der Waals surface area (Å²) >= 11 is 0. The number of likely N-dealkylation sites (N-methyl/N-ethyl adjacent to an activating group) is 1. The first-order chi connectivity index (χ1) is 12.7. The SMILES string of the molecule is CC1CC2CC3C(C1)C(NC(=O)C1=C(C(F)(F)F)N(C4CC4)N(C)C1)C3C2. The molecule has 27 heavy (non-hydrogen) atoms. The van der Waals surface area contributed by atoms with Gasteiger partial charge in [0.25, 0.3) is 5.91 Å². The predicted molar refractivity (Wildman–Crippen MR) is 94.1 cm³/mol. The number of rotatable bonds is 3. The molecular weight excluding hydrogens is 355 g/mol. The molecule has 0 aromatic heterocycles. The summed E-state index contributed by atoms with van der Waals surface area (Å²) in [5, 5.41) is 5.93. The van der Waals surface area contributed by atoms with Crippen LogP contribution in [0.4, 0.5) is 13.2 Å². The lowest BCUT2D eigenvalue weighted by Gasteiger charge is -2.50. The molecule has 4 fully saturated rings. The predicted octanol–water partition coefficient (Wildman–Crippen LogP) is 3.31. The highest BCUT2D eigenvalue weighted by Gasteiger charge is 2.58. The zero-order valence-electron chi connectivity index (χ0n) is 15.9. The summed E-state index contributed by atoms with van der Waals surface area (Å²) in [6, 6.07) is -0.0442. The van der Waals surface area contributed by atoms with Gasteiger partial charge in [0.15, 0.2) is 0 Å². The van der Waals surface area contributed by atoms with Crippen LogP contribution in [0.15, 0.2) is 11.3 Å². The number of carbonyl (C=O) groups is 1. The lowest BCUT2D eigenvalue weighted by atomic mass is 9.59. The van der Waals surface area contributed by atoms with E-state index in [9.17, 15) is 18.0 Å². The molecule has 1 amide bonds. The van der Waals surface area contributed by atoms with Crippen molar-refractivity contribution in [2.24, 2.45) is 29.6 Å². The maximum Gasteiger partial charge on any atom is 0.433 e. The van der Waals surface area contributed by atoms with Crippen LogP contribution in [-0.4, -0.2) is 47.8 Å². The molecule has 1 heterocycles. The summed E-state index contributed by atoms with van der Waals surface area (Å²) in [6.45, 7) is 2.32. The number of allylic oxidation sites excluding steroid dienone is 1. The number of hydrazine groups is 1. The van der Waals surface area contributed by atoms with E-state index in [1.807, 2.05) is 0 Å². The van der Waals surface area contributed by atoms with E-state index < -0.39 is 17.8 Å². The average molecular weight is 383 g/mol. The lowest BCUT2D eigenvalue weighted by molar-refractivity contribution is -0.131. The first-order valence-electron chi connectivity index (χ1n) is 10.4. The number of hydrogen-bond donors (Lipinski definition) is 1. The van der Waals surface area contributed by atoms with E-state index in [2.05, 4.69) is 12.2 Å². The summed E-state index contributed by atoms with van der Waals surface area (Å²) in [4.78, 5) is 12.9. The van der Waals surface area contributed by atoms with Crippen LogP contribution in [-0.2, 0) is 4.79 Å². The second kappa shape index (κ2) is 5.88. The van der Waals surface area contributed by atoms with Crippen LogP contribution in [0.1, 0.15) is 45.4 Å². The van der Waals surface area contributed by atoms with Crippen molar-refractivity contribution in [2.45, 2.75) is 63.7 Å². The topological polar surface area (TPSA) is 35.6 Å². The number of hydrogen-bond acceptors (Lipinski definition) is 3. The van der Waals surface area contributed by atoms with Crippen molar-refractivity contribution >= 4 is 5.91 Å². The number of alkyl halides is 3. The van der Waals surface area contributed by atoms with E-state index in [0.29, 0.717) is 23.7 Å². The molecule has 2 bridgehead atoms. The maximum absolute atomic E-state index is 13.8. The molecule has 150 valence electrons. The highest BCUT2D eigenvalue weighted by molar-refractivity contribution is 5.95. The Bertz CT molecular complexity index is 686. The molecule has 0 spiro atoms. The van der Waals surface area contributed by atoms with Gasteiger partial charge in [0.1, 0.15) is 5.70 Å². The van der Waals surface area contributed by atoms with Crippen molar-refractivity contribution in [1.82, 2.24) is 15.3 Å². The molecule has 4 aliphatic carbocycles. The largest absolute Gasteiger partial charge is 0.433 e. The van der Waals surface area contributed by atoms with Crippen LogP contribution < -0.4 is 5.32 Å². The van der Waals surface area contributed by atoms with Gasteiger partial charge in [-0.15, -0.1) is 0 Å². The smallest absolute Gasteiger partial charge is 0.349 e. The van der Waals surface area contributed by atoms with Gasteiger partial charge in [-0.25, -0.2) is 5.01 Å². The zero-order chi connectivity index (χ0) is 19.1. The van der Waals surface area contributed by atoms with Gasteiger partial charge < -0.3 is 5.32 Å². The standard InChI is InChI=1S/C20H28F3N3O/c1-10-5-11-7-13-14(6-10)17(15(13)8-11)24-19(27)16-9-25(2)26(12-3-4-12)18(16)20(21,22)23/h10-15,17H,3-9H2,1-2H3,(H,24,27). The lowest BCUT2D eigenvalue weighted by Crippen LogP contribution is -2.58. The quantitative estimate of drug-likeness (QED) is 0.812. The second-order valence-corrected chi connectivity index (χ2v) is 9.62. The number of nitrogens with zero attached hydrogens (tertiary/aromatic N) is 2. The summed E-state index contributed by atoms with van der Waals surface area (Å²) < 4.78 is 41.3. The molecule has 5 rings (SSSR count). The van der Waals surface area contributed by atoms with Crippen molar-refractivity contribution in [3.63, 3.8) is 0 Å². The Kier molecular flexibility index (Phi) is 3.88. The van der Waals surface area contributed by atoms with E-state index in [1.54, 1.807) is 12.1 Å². The summed E-state index contributed by atoms with van der Waals surface area (Å²) in [5.41, 5.74) is -0.832. The molecule has 0 radical (unpaired) electrons. The van der Waals surface area contributed by atoms with Gasteiger partial charge in [0.05, 0.1) is 12.1 Å². The highest BCUT2D eigenvalue weighted by Crippen LogP contribution is 2.59. The Morgan fingerprint density at radius 2 is 1.74 bits per heavy atom. The fourth-order valence-electron chi connectivity index (χ4n) is 6.61. The van der Waals surface area contributed by atoms with Gasteiger partial charge in [-0.05, 0) is 68.1 Å². The van der Waals surface area contributed by atoms with Gasteiger partial charge in [-0.3, -0.25) is 9.80 Å². The Morgan fingerprint density at radius 1 is 1.07 bits per heavy atom. The van der Waals surface area contributed by atoms with Crippen molar-refractivity contribution < 1.29 is 18.0 Å². The van der Waals surface area contributed by atoms with E-state index in [4.69, 9.17) is 0 Å². The third-order valence-electron chi connectivity index (χ3n) is 7.65. The Labute approximate surface area is 158 Å². The van der Waals surface area contributed by atoms with Crippen LogP contribution in [0.2, 0.25) is 0 Å². The molecule has 0 saturated heterocycles. The van der Waals surface area contributed by atoms with E-state index in [1.165, 1.54) is 17.9 Å². The van der Waals surface area contributed by atoms with Crippen molar-refractivity contribution in [3.8, 4) is 0 Å². The number of carbonyl (C=O) groups excluding carboxylic acids is 1. The molecule has 0 aromatic carbocycles. The van der Waals surface area contributed by atoms with Gasteiger partial charge in [0, 0.05) is 19.1 Å². The van der Waals surface area contributed by atoms with Gasteiger partial charge in [0.2, 0.25) is 0 Å². The average Bonchev–Trinajstić information content (AvgIpc) is 3.26. The summed E-state index contributed by atoms with van der Waals surface area (Å²) in [5.74, 6) is 2.51. The first kappa shape index (κ1) is 17.8. The van der Waals surface area contributed by atoms with Crippen LogP contribution in [0, 0.1) is 29.6 Å². The van der Waals surface area contributed by atoms with Gasteiger partial charge >= 0.3 is 6.18 Å². The molecule has 6 unspecified atom stereocenters. The van der Waals surface area contributed by atoms with Crippen LogP contribution in [0.5, 0.6) is 0 Å². The van der Waals surface area contributed by atoms with E-state index in [0.717, 1.165) is 31.6 Å². The minimum absolute atomic E-state index is 0.0433. The number of amides is 1. The van der Waals surface area contributed by atoms with Gasteiger partial charge in [-0.2, -0.15) is 13.2 Å². The fraction of sp³-hybridized carbons (Fsp3) is 0.850. The van der Waals surface area contributed by atoms with Gasteiger partial charge in [-0.1, -0.05) is 6.92 Å². The van der Waals surface area contributed by atoms with Crippen LogP contribution in [0.3, 0.4) is 0 Å². The zero-order valence-corrected chi connectivity index (χ0v) is 15.9. The van der Waals surface area contributed by atoms with Crippen molar-refractivity contribution in [3.05, 3.63) is 11.3 Å². The van der Waals surface area contributed by atoms with E-state index in [-0.39, 0.29) is 24.2 Å².